The van der Waals surface area contributed by atoms with Crippen molar-refractivity contribution in [1.29, 1.82) is 0 Å². The minimum absolute atomic E-state index is 0.226. The van der Waals surface area contributed by atoms with E-state index in [1.807, 2.05) is 18.2 Å². The van der Waals surface area contributed by atoms with Gasteiger partial charge in [0.2, 0.25) is 0 Å². The third kappa shape index (κ3) is 4.30. The summed E-state index contributed by atoms with van der Waals surface area (Å²) in [7, 11) is 0. The second-order valence-corrected chi connectivity index (χ2v) is 5.03. The number of halogens is 2. The van der Waals surface area contributed by atoms with Crippen LogP contribution >= 0.6 is 11.6 Å². The summed E-state index contributed by atoms with van der Waals surface area (Å²) in [4.78, 5) is 0. The molecule has 20 heavy (non-hydrogen) atoms. The highest BCUT2D eigenvalue weighted by Gasteiger charge is 2.09. The zero-order valence-corrected chi connectivity index (χ0v) is 11.8. The Hall–Kier alpha value is -1.42. The van der Waals surface area contributed by atoms with E-state index in [2.05, 4.69) is 5.32 Å². The van der Waals surface area contributed by atoms with Crippen LogP contribution in [0.4, 0.5) is 4.39 Å². The van der Waals surface area contributed by atoms with Crippen molar-refractivity contribution in [3.05, 3.63) is 70.5 Å². The maximum absolute atomic E-state index is 12.7. The van der Waals surface area contributed by atoms with Crippen LogP contribution in [0.2, 0.25) is 5.02 Å². The zero-order valence-electron chi connectivity index (χ0n) is 11.0. The highest BCUT2D eigenvalue weighted by atomic mass is 35.5. The highest BCUT2D eigenvalue weighted by molar-refractivity contribution is 6.31. The Morgan fingerprint density at radius 1 is 1.10 bits per heavy atom. The predicted molar refractivity (Wildman–Crippen MR) is 79.4 cm³/mol. The molecule has 106 valence electrons. The normalized spacial score (nSPS) is 12.3. The van der Waals surface area contributed by atoms with Gasteiger partial charge in [-0.1, -0.05) is 41.9 Å². The topological polar surface area (TPSA) is 32.3 Å². The molecule has 2 nitrogen and oxygen atoms in total. The summed E-state index contributed by atoms with van der Waals surface area (Å²) in [6, 6.07) is 13.7. The van der Waals surface area contributed by atoms with E-state index in [9.17, 15) is 9.50 Å². The first kappa shape index (κ1) is 15.0. The molecule has 1 atom stereocenters. The standard InChI is InChI=1S/C16H17ClFNO/c17-15-4-2-1-3-14(15)16(20)11-19-10-9-12-5-7-13(18)8-6-12/h1-8,16,19-20H,9-11H2. The van der Waals surface area contributed by atoms with E-state index in [1.165, 1.54) is 12.1 Å². The predicted octanol–water partition coefficient (Wildman–Crippen LogP) is 3.34. The van der Waals surface area contributed by atoms with E-state index in [-0.39, 0.29) is 5.82 Å². The van der Waals surface area contributed by atoms with Crippen LogP contribution in [-0.4, -0.2) is 18.2 Å². The van der Waals surface area contributed by atoms with Gasteiger partial charge in [0, 0.05) is 17.1 Å². The third-order valence-corrected chi connectivity index (χ3v) is 3.45. The SMILES string of the molecule is OC(CNCCc1ccc(F)cc1)c1ccccc1Cl. The summed E-state index contributed by atoms with van der Waals surface area (Å²) in [6.45, 7) is 1.15. The van der Waals surface area contributed by atoms with Crippen LogP contribution in [0.3, 0.4) is 0 Å². The molecule has 2 N–H and O–H groups in total. The second-order valence-electron chi connectivity index (χ2n) is 4.62. The smallest absolute Gasteiger partial charge is 0.123 e. The monoisotopic (exact) mass is 293 g/mol. The van der Waals surface area contributed by atoms with Gasteiger partial charge < -0.3 is 10.4 Å². The van der Waals surface area contributed by atoms with Crippen LogP contribution in [0.15, 0.2) is 48.5 Å². The number of aliphatic hydroxyl groups excluding tert-OH is 1. The van der Waals surface area contributed by atoms with E-state index >= 15 is 0 Å². The van der Waals surface area contributed by atoms with Crippen LogP contribution in [0.5, 0.6) is 0 Å². The Balaban J connectivity index is 1.76. The van der Waals surface area contributed by atoms with Crippen LogP contribution in [0, 0.1) is 5.82 Å². The molecule has 0 aliphatic carbocycles. The van der Waals surface area contributed by atoms with Gasteiger partial charge >= 0.3 is 0 Å². The fourth-order valence-corrected chi connectivity index (χ4v) is 2.24. The van der Waals surface area contributed by atoms with E-state index < -0.39 is 6.10 Å². The molecule has 0 aliphatic heterocycles. The van der Waals surface area contributed by atoms with Crippen LogP contribution in [-0.2, 0) is 6.42 Å². The fourth-order valence-electron chi connectivity index (χ4n) is 1.98. The molecule has 2 rings (SSSR count). The first-order valence-corrected chi connectivity index (χ1v) is 6.92. The lowest BCUT2D eigenvalue weighted by molar-refractivity contribution is 0.175. The van der Waals surface area contributed by atoms with Crippen molar-refractivity contribution < 1.29 is 9.50 Å². The maximum Gasteiger partial charge on any atom is 0.123 e. The van der Waals surface area contributed by atoms with Crippen molar-refractivity contribution in [1.82, 2.24) is 5.32 Å². The molecule has 0 amide bonds. The van der Waals surface area contributed by atoms with Gasteiger partial charge in [-0.3, -0.25) is 0 Å². The maximum atomic E-state index is 12.7. The van der Waals surface area contributed by atoms with Gasteiger partial charge in [0.05, 0.1) is 6.10 Å². The van der Waals surface area contributed by atoms with Crippen molar-refractivity contribution in [3.63, 3.8) is 0 Å². The van der Waals surface area contributed by atoms with Crippen molar-refractivity contribution >= 4 is 11.6 Å². The number of hydrogen-bond acceptors (Lipinski definition) is 2. The summed E-state index contributed by atoms with van der Waals surface area (Å²) < 4.78 is 12.7. The number of rotatable bonds is 6. The average molecular weight is 294 g/mol. The summed E-state index contributed by atoms with van der Waals surface area (Å²) in [6.07, 6.45) is 0.159. The van der Waals surface area contributed by atoms with Gasteiger partial charge in [-0.05, 0) is 36.7 Å². The Morgan fingerprint density at radius 2 is 1.80 bits per heavy atom. The molecule has 2 aromatic rings. The Morgan fingerprint density at radius 3 is 2.50 bits per heavy atom. The van der Waals surface area contributed by atoms with Gasteiger partial charge in [0.15, 0.2) is 0 Å². The van der Waals surface area contributed by atoms with Crippen molar-refractivity contribution in [2.24, 2.45) is 0 Å². The van der Waals surface area contributed by atoms with Crippen molar-refractivity contribution in [2.75, 3.05) is 13.1 Å². The minimum atomic E-state index is -0.628. The molecular weight excluding hydrogens is 277 g/mol. The molecule has 0 bridgehead atoms. The lowest BCUT2D eigenvalue weighted by atomic mass is 10.1. The van der Waals surface area contributed by atoms with Gasteiger partial charge in [-0.25, -0.2) is 4.39 Å². The van der Waals surface area contributed by atoms with Crippen molar-refractivity contribution in [3.8, 4) is 0 Å². The summed E-state index contributed by atoms with van der Waals surface area (Å²) in [5, 5.41) is 13.8. The second kappa shape index (κ2) is 7.39. The molecule has 0 heterocycles. The average Bonchev–Trinajstić information content (AvgIpc) is 2.46. The molecule has 0 aromatic heterocycles. The van der Waals surface area contributed by atoms with E-state index in [4.69, 9.17) is 11.6 Å². The quantitative estimate of drug-likeness (QED) is 0.801. The van der Waals surface area contributed by atoms with Crippen LogP contribution in [0.1, 0.15) is 17.2 Å². The molecule has 2 aromatic carbocycles. The number of hydrogen-bond donors (Lipinski definition) is 2. The van der Waals surface area contributed by atoms with Crippen LogP contribution < -0.4 is 5.32 Å². The Labute approximate surface area is 123 Å². The van der Waals surface area contributed by atoms with Crippen LogP contribution in [0.25, 0.3) is 0 Å². The Kier molecular flexibility index (Phi) is 5.53. The molecule has 1 unspecified atom stereocenters. The van der Waals surface area contributed by atoms with E-state index in [0.29, 0.717) is 18.1 Å². The molecule has 0 radical (unpaired) electrons. The van der Waals surface area contributed by atoms with Gasteiger partial charge in [0.1, 0.15) is 5.82 Å². The van der Waals surface area contributed by atoms with Gasteiger partial charge in [0.25, 0.3) is 0 Å². The lowest BCUT2D eigenvalue weighted by Gasteiger charge is -2.13. The summed E-state index contributed by atoms with van der Waals surface area (Å²) in [5.41, 5.74) is 1.79. The molecule has 0 saturated heterocycles. The first-order chi connectivity index (χ1) is 9.66. The lowest BCUT2D eigenvalue weighted by Crippen LogP contribution is -2.23. The summed E-state index contributed by atoms with van der Waals surface area (Å²) in [5.74, 6) is -0.226. The Bertz CT molecular complexity index is 544. The number of benzene rings is 2. The highest BCUT2D eigenvalue weighted by Crippen LogP contribution is 2.21. The summed E-state index contributed by atoms with van der Waals surface area (Å²) >= 11 is 6.02. The molecule has 0 saturated carbocycles. The molecular formula is C16H17ClFNO. The first-order valence-electron chi connectivity index (χ1n) is 6.54. The largest absolute Gasteiger partial charge is 0.387 e. The molecule has 0 spiro atoms. The van der Waals surface area contributed by atoms with E-state index in [0.717, 1.165) is 17.5 Å². The molecule has 4 heteroatoms. The number of nitrogens with one attached hydrogen (secondary N) is 1. The van der Waals surface area contributed by atoms with Crippen molar-refractivity contribution in [2.45, 2.75) is 12.5 Å². The molecule has 0 aliphatic rings. The van der Waals surface area contributed by atoms with Gasteiger partial charge in [-0.15, -0.1) is 0 Å². The minimum Gasteiger partial charge on any atom is -0.387 e. The fraction of sp³-hybridized carbons (Fsp3) is 0.250. The van der Waals surface area contributed by atoms with Gasteiger partial charge in [-0.2, -0.15) is 0 Å². The molecule has 0 fully saturated rings. The number of aliphatic hydroxyl groups is 1. The van der Waals surface area contributed by atoms with E-state index in [1.54, 1.807) is 18.2 Å². The third-order valence-electron chi connectivity index (χ3n) is 3.11. The zero-order chi connectivity index (χ0) is 14.4.